The normalized spacial score (nSPS) is 7.93. The van der Waals surface area contributed by atoms with E-state index in [1.165, 1.54) is 6.92 Å². The van der Waals surface area contributed by atoms with Crippen molar-refractivity contribution in [2.45, 2.75) is 13.8 Å². The summed E-state index contributed by atoms with van der Waals surface area (Å²) in [6, 6.07) is 0. The fraction of sp³-hybridized carbons (Fsp3) is 0.333. The Labute approximate surface area is 82.7 Å². The zero-order chi connectivity index (χ0) is 11.7. The summed E-state index contributed by atoms with van der Waals surface area (Å²) < 4.78 is 0. The summed E-state index contributed by atoms with van der Waals surface area (Å²) in [6.07, 6.45) is 0. The lowest BCUT2D eigenvalue weighted by molar-refractivity contribution is -0.132. The number of aliphatic hydroxyl groups is 1. The van der Waals surface area contributed by atoms with Gasteiger partial charge in [-0.1, -0.05) is 13.2 Å². The zero-order valence-corrected chi connectivity index (χ0v) is 8.33. The average molecular weight is 201 g/mol. The van der Waals surface area contributed by atoms with Gasteiger partial charge in [0.2, 0.25) is 5.91 Å². The number of rotatable bonds is 3. The summed E-state index contributed by atoms with van der Waals surface area (Å²) >= 11 is 0. The first-order valence-corrected chi connectivity index (χ1v) is 3.76. The minimum absolute atomic E-state index is 0.176. The second kappa shape index (κ2) is 8.00. The van der Waals surface area contributed by atoms with Gasteiger partial charge < -0.3 is 15.5 Å². The van der Waals surface area contributed by atoms with Crippen LogP contribution in [0, 0.1) is 0 Å². The van der Waals surface area contributed by atoms with E-state index < -0.39 is 5.97 Å². The standard InChI is InChI=1S/C5H9NO2.C4H6O2/c1-4(2)5(8)6-3-7;1-3(2)4(5)6/h7H,1,3H2,2H3,(H,6,8);1H2,2H3,(H,5,6). The van der Waals surface area contributed by atoms with Gasteiger partial charge in [0.15, 0.2) is 0 Å². The van der Waals surface area contributed by atoms with Gasteiger partial charge in [-0.15, -0.1) is 0 Å². The molecular weight excluding hydrogens is 186 g/mol. The first kappa shape index (κ1) is 14.9. The van der Waals surface area contributed by atoms with Crippen LogP contribution < -0.4 is 5.32 Å². The lowest BCUT2D eigenvalue weighted by Gasteiger charge is -1.96. The van der Waals surface area contributed by atoms with Crippen molar-refractivity contribution in [2.24, 2.45) is 0 Å². The molecule has 0 aromatic heterocycles. The van der Waals surface area contributed by atoms with Gasteiger partial charge in [-0.25, -0.2) is 4.79 Å². The Bertz CT molecular complexity index is 233. The first-order chi connectivity index (χ1) is 6.32. The highest BCUT2D eigenvalue weighted by atomic mass is 16.4. The molecule has 14 heavy (non-hydrogen) atoms. The molecule has 0 aliphatic carbocycles. The summed E-state index contributed by atoms with van der Waals surface area (Å²) in [5.41, 5.74) is 0.578. The quantitative estimate of drug-likeness (QED) is 0.452. The Morgan fingerprint density at radius 3 is 1.64 bits per heavy atom. The summed E-state index contributed by atoms with van der Waals surface area (Å²) in [5, 5.41) is 18.2. The van der Waals surface area contributed by atoms with E-state index in [0.717, 1.165) is 0 Å². The fourth-order valence-electron chi connectivity index (χ4n) is 0.223. The molecule has 0 aliphatic heterocycles. The highest BCUT2D eigenvalue weighted by molar-refractivity contribution is 5.91. The van der Waals surface area contributed by atoms with Gasteiger partial charge in [-0.2, -0.15) is 0 Å². The minimum Gasteiger partial charge on any atom is -0.478 e. The van der Waals surface area contributed by atoms with E-state index in [2.05, 4.69) is 18.5 Å². The van der Waals surface area contributed by atoms with Gasteiger partial charge in [-0.3, -0.25) is 4.79 Å². The van der Waals surface area contributed by atoms with Crippen LogP contribution in [0.4, 0.5) is 0 Å². The van der Waals surface area contributed by atoms with E-state index in [1.807, 2.05) is 0 Å². The molecule has 0 spiro atoms. The van der Waals surface area contributed by atoms with E-state index in [4.69, 9.17) is 10.2 Å². The molecule has 0 heterocycles. The second-order valence-electron chi connectivity index (χ2n) is 2.53. The van der Waals surface area contributed by atoms with Crippen LogP contribution >= 0.6 is 0 Å². The molecule has 0 atom stereocenters. The van der Waals surface area contributed by atoms with Crippen molar-refractivity contribution in [1.29, 1.82) is 0 Å². The molecule has 80 valence electrons. The van der Waals surface area contributed by atoms with Crippen molar-refractivity contribution in [3.8, 4) is 0 Å². The van der Waals surface area contributed by atoms with Crippen LogP contribution in [0.1, 0.15) is 13.8 Å². The highest BCUT2D eigenvalue weighted by Gasteiger charge is 1.95. The summed E-state index contributed by atoms with van der Waals surface area (Å²) in [7, 11) is 0. The highest BCUT2D eigenvalue weighted by Crippen LogP contribution is 1.82. The number of carboxylic acids is 1. The molecule has 0 saturated carbocycles. The van der Waals surface area contributed by atoms with Crippen LogP contribution in [-0.4, -0.2) is 28.8 Å². The van der Waals surface area contributed by atoms with Gasteiger partial charge >= 0.3 is 5.97 Å². The molecule has 0 rings (SSSR count). The first-order valence-electron chi connectivity index (χ1n) is 3.76. The number of carbonyl (C=O) groups excluding carboxylic acids is 1. The summed E-state index contributed by atoms with van der Waals surface area (Å²) in [5.74, 6) is -1.25. The van der Waals surface area contributed by atoms with Crippen LogP contribution in [0.15, 0.2) is 24.3 Å². The Hall–Kier alpha value is -1.62. The molecule has 0 aliphatic rings. The van der Waals surface area contributed by atoms with Gasteiger partial charge in [-0.05, 0) is 13.8 Å². The number of carbonyl (C=O) groups is 2. The maximum absolute atomic E-state index is 10.4. The van der Waals surface area contributed by atoms with Crippen molar-refractivity contribution in [1.82, 2.24) is 5.32 Å². The largest absolute Gasteiger partial charge is 0.478 e. The van der Waals surface area contributed by atoms with Gasteiger partial charge in [0.25, 0.3) is 0 Å². The molecule has 5 heteroatoms. The zero-order valence-electron chi connectivity index (χ0n) is 8.33. The van der Waals surface area contributed by atoms with Crippen molar-refractivity contribution < 1.29 is 19.8 Å². The van der Waals surface area contributed by atoms with Crippen molar-refractivity contribution in [2.75, 3.05) is 6.73 Å². The van der Waals surface area contributed by atoms with Gasteiger partial charge in [0.1, 0.15) is 6.73 Å². The SMILES string of the molecule is C=C(C)C(=O)NCO.C=C(C)C(=O)O. The average Bonchev–Trinajstić information content (AvgIpc) is 2.05. The predicted octanol–water partition coefficient (Wildman–Crippen LogP) is 0.276. The lowest BCUT2D eigenvalue weighted by Crippen LogP contribution is -2.24. The smallest absolute Gasteiger partial charge is 0.330 e. The number of hydrogen-bond donors (Lipinski definition) is 3. The number of aliphatic carboxylic acids is 1. The molecule has 0 unspecified atom stereocenters. The lowest BCUT2D eigenvalue weighted by atomic mass is 10.3. The molecule has 0 fully saturated rings. The van der Waals surface area contributed by atoms with Crippen LogP contribution in [0.5, 0.6) is 0 Å². The van der Waals surface area contributed by atoms with Crippen LogP contribution in [-0.2, 0) is 9.59 Å². The van der Waals surface area contributed by atoms with Crippen LogP contribution in [0.2, 0.25) is 0 Å². The molecule has 0 aromatic carbocycles. The number of carboxylic acid groups (broad SMARTS) is 1. The number of aliphatic hydroxyl groups excluding tert-OH is 1. The van der Waals surface area contributed by atoms with Gasteiger partial charge in [0.05, 0.1) is 0 Å². The van der Waals surface area contributed by atoms with E-state index in [-0.39, 0.29) is 18.2 Å². The van der Waals surface area contributed by atoms with E-state index in [1.54, 1.807) is 6.92 Å². The number of amides is 1. The molecule has 5 nitrogen and oxygen atoms in total. The molecule has 0 aromatic rings. The van der Waals surface area contributed by atoms with E-state index >= 15 is 0 Å². The Morgan fingerprint density at radius 1 is 1.21 bits per heavy atom. The molecule has 0 saturated heterocycles. The third kappa shape index (κ3) is 10.4. The van der Waals surface area contributed by atoms with Gasteiger partial charge in [0, 0.05) is 11.1 Å². The molecular formula is C9H15NO4. The molecule has 0 radical (unpaired) electrons. The van der Waals surface area contributed by atoms with Crippen LogP contribution in [0.3, 0.4) is 0 Å². The second-order valence-corrected chi connectivity index (χ2v) is 2.53. The predicted molar refractivity (Wildman–Crippen MR) is 52.5 cm³/mol. The van der Waals surface area contributed by atoms with Crippen molar-refractivity contribution in [3.05, 3.63) is 24.3 Å². The summed E-state index contributed by atoms with van der Waals surface area (Å²) in [6.45, 7) is 9.20. The monoisotopic (exact) mass is 201 g/mol. The Morgan fingerprint density at radius 2 is 1.57 bits per heavy atom. The van der Waals surface area contributed by atoms with Crippen molar-refractivity contribution >= 4 is 11.9 Å². The topological polar surface area (TPSA) is 86.6 Å². The third-order valence-electron chi connectivity index (χ3n) is 0.992. The maximum atomic E-state index is 10.4. The van der Waals surface area contributed by atoms with Crippen molar-refractivity contribution in [3.63, 3.8) is 0 Å². The van der Waals surface area contributed by atoms with Crippen LogP contribution in [0.25, 0.3) is 0 Å². The number of hydrogen-bond acceptors (Lipinski definition) is 3. The molecule has 1 amide bonds. The minimum atomic E-state index is -0.935. The third-order valence-corrected chi connectivity index (χ3v) is 0.992. The fourth-order valence-corrected chi connectivity index (χ4v) is 0.223. The van der Waals surface area contributed by atoms with E-state index in [0.29, 0.717) is 5.57 Å². The molecule has 0 bridgehead atoms. The van der Waals surface area contributed by atoms with E-state index in [9.17, 15) is 9.59 Å². The summed E-state index contributed by atoms with van der Waals surface area (Å²) in [4.78, 5) is 20.0. The maximum Gasteiger partial charge on any atom is 0.330 e. The Balaban J connectivity index is 0. The number of nitrogens with one attached hydrogen (secondary N) is 1. The Kier molecular flexibility index (Phi) is 8.50. The molecule has 3 N–H and O–H groups in total.